The zero-order chi connectivity index (χ0) is 18.8. The Labute approximate surface area is 159 Å². The summed E-state index contributed by atoms with van der Waals surface area (Å²) in [6, 6.07) is 14.6. The van der Waals surface area contributed by atoms with Crippen LogP contribution >= 0.6 is 0 Å². The summed E-state index contributed by atoms with van der Waals surface area (Å²) in [4.78, 5) is 11.5. The Morgan fingerprint density at radius 3 is 2.41 bits per heavy atom. The second kappa shape index (κ2) is 7.29. The number of hydrogen-bond donors (Lipinski definition) is 0. The Balaban J connectivity index is 1.51. The lowest BCUT2D eigenvalue weighted by atomic mass is 10.0. The molecule has 4 rings (SSSR count). The van der Waals surface area contributed by atoms with Gasteiger partial charge in [-0.15, -0.1) is 0 Å². The third-order valence-electron chi connectivity index (χ3n) is 4.97. The lowest BCUT2D eigenvalue weighted by molar-refractivity contribution is 0.317. The van der Waals surface area contributed by atoms with Crippen molar-refractivity contribution in [3.63, 3.8) is 0 Å². The van der Waals surface area contributed by atoms with Crippen LogP contribution < -0.4 is 0 Å². The highest BCUT2D eigenvalue weighted by molar-refractivity contribution is 5.94. The zero-order valence-electron chi connectivity index (χ0n) is 15.9. The lowest BCUT2D eigenvalue weighted by Gasteiger charge is -2.16. The van der Waals surface area contributed by atoms with Gasteiger partial charge in [0.05, 0.1) is 6.20 Å². The van der Waals surface area contributed by atoms with Gasteiger partial charge >= 0.3 is 0 Å². The smallest absolute Gasteiger partial charge is 0.159 e. The molecule has 0 aliphatic heterocycles. The van der Waals surface area contributed by atoms with E-state index >= 15 is 0 Å². The minimum Gasteiger partial charge on any atom is -0.298 e. The topological polar surface area (TPSA) is 46.8 Å². The summed E-state index contributed by atoms with van der Waals surface area (Å²) in [5.74, 6) is 0.765. The van der Waals surface area contributed by atoms with E-state index in [1.165, 1.54) is 22.0 Å². The van der Waals surface area contributed by atoms with E-state index in [1.54, 1.807) is 0 Å². The van der Waals surface area contributed by atoms with Crippen LogP contribution in [0, 0.1) is 6.92 Å². The first-order valence-electron chi connectivity index (χ1n) is 9.07. The Hall–Kier alpha value is -3.05. The average Bonchev–Trinajstić information content (AvgIpc) is 3.00. The van der Waals surface area contributed by atoms with Crippen LogP contribution in [-0.2, 0) is 20.1 Å². The fourth-order valence-corrected chi connectivity index (χ4v) is 3.35. The van der Waals surface area contributed by atoms with Crippen molar-refractivity contribution in [2.24, 2.45) is 7.05 Å². The van der Waals surface area contributed by atoms with Gasteiger partial charge in [-0.25, -0.2) is 9.97 Å². The molecular weight excluding hydrogens is 334 g/mol. The van der Waals surface area contributed by atoms with Crippen molar-refractivity contribution < 1.29 is 0 Å². The van der Waals surface area contributed by atoms with Crippen molar-refractivity contribution in [3.05, 3.63) is 77.9 Å². The molecule has 5 nitrogen and oxygen atoms in total. The largest absolute Gasteiger partial charge is 0.298 e. The van der Waals surface area contributed by atoms with Gasteiger partial charge in [-0.05, 0) is 24.7 Å². The molecule has 0 radical (unpaired) electrons. The molecule has 0 bridgehead atoms. The second-order valence-electron chi connectivity index (χ2n) is 6.99. The summed E-state index contributed by atoms with van der Waals surface area (Å²) in [7, 11) is 4.07. The van der Waals surface area contributed by atoms with Gasteiger partial charge in [0.25, 0.3) is 0 Å². The molecule has 2 aromatic carbocycles. The van der Waals surface area contributed by atoms with Crippen LogP contribution in [0.15, 0.2) is 61.1 Å². The van der Waals surface area contributed by atoms with Crippen molar-refractivity contribution in [1.82, 2.24) is 24.6 Å². The van der Waals surface area contributed by atoms with Crippen LogP contribution in [-0.4, -0.2) is 31.7 Å². The number of hydrogen-bond acceptors (Lipinski definition) is 4. The van der Waals surface area contributed by atoms with Gasteiger partial charge in [0, 0.05) is 54.9 Å². The lowest BCUT2D eigenvalue weighted by Crippen LogP contribution is -2.18. The fourth-order valence-electron chi connectivity index (χ4n) is 3.35. The van der Waals surface area contributed by atoms with Crippen molar-refractivity contribution in [1.29, 1.82) is 0 Å². The normalized spacial score (nSPS) is 11.4. The SMILES string of the molecule is Cc1c(CN(C)Cc2cnc(-c3cccc4ccccc34)nc2)cnn1C. The van der Waals surface area contributed by atoms with Crippen LogP contribution in [0.25, 0.3) is 22.2 Å². The van der Waals surface area contributed by atoms with Crippen molar-refractivity contribution in [2.75, 3.05) is 7.05 Å². The second-order valence-corrected chi connectivity index (χ2v) is 6.99. The first kappa shape index (κ1) is 17.4. The Morgan fingerprint density at radius 1 is 0.926 bits per heavy atom. The number of benzene rings is 2. The molecule has 4 aromatic rings. The van der Waals surface area contributed by atoms with Crippen molar-refractivity contribution in [2.45, 2.75) is 20.0 Å². The molecule has 0 unspecified atom stereocenters. The average molecular weight is 357 g/mol. The number of aromatic nitrogens is 4. The highest BCUT2D eigenvalue weighted by Crippen LogP contribution is 2.25. The van der Waals surface area contributed by atoms with Gasteiger partial charge in [0.15, 0.2) is 5.82 Å². The summed E-state index contributed by atoms with van der Waals surface area (Å²) in [5.41, 5.74) is 4.61. The van der Waals surface area contributed by atoms with Crippen LogP contribution in [0.2, 0.25) is 0 Å². The van der Waals surface area contributed by atoms with Crippen LogP contribution in [0.1, 0.15) is 16.8 Å². The number of nitrogens with zero attached hydrogens (tertiary/aromatic N) is 5. The monoisotopic (exact) mass is 357 g/mol. The maximum Gasteiger partial charge on any atom is 0.159 e. The molecule has 0 fully saturated rings. The Morgan fingerprint density at radius 2 is 1.67 bits per heavy atom. The molecule has 2 heterocycles. The number of rotatable bonds is 5. The van der Waals surface area contributed by atoms with E-state index in [0.29, 0.717) is 0 Å². The first-order chi connectivity index (χ1) is 13.1. The van der Waals surface area contributed by atoms with Gasteiger partial charge in [-0.2, -0.15) is 5.10 Å². The summed E-state index contributed by atoms with van der Waals surface area (Å²) >= 11 is 0. The molecule has 0 saturated heterocycles. The van der Waals surface area contributed by atoms with Gasteiger partial charge in [0.2, 0.25) is 0 Å². The summed E-state index contributed by atoms with van der Waals surface area (Å²) in [5, 5.41) is 6.69. The number of fused-ring (bicyclic) bond motifs is 1. The predicted molar refractivity (Wildman–Crippen MR) is 108 cm³/mol. The molecule has 136 valence electrons. The molecule has 0 N–H and O–H groups in total. The summed E-state index contributed by atoms with van der Waals surface area (Å²) in [6.45, 7) is 3.74. The maximum absolute atomic E-state index is 4.63. The summed E-state index contributed by atoms with van der Waals surface area (Å²) < 4.78 is 1.91. The van der Waals surface area contributed by atoms with E-state index in [9.17, 15) is 0 Å². The van der Waals surface area contributed by atoms with Crippen LogP contribution in [0.3, 0.4) is 0 Å². The number of aryl methyl sites for hydroxylation is 1. The Bertz CT molecular complexity index is 1060. The molecule has 5 heteroatoms. The van der Waals surface area contributed by atoms with E-state index in [4.69, 9.17) is 0 Å². The molecule has 27 heavy (non-hydrogen) atoms. The predicted octanol–water partition coefficient (Wildman–Crippen LogP) is 3.97. The van der Waals surface area contributed by atoms with Gasteiger partial charge in [0.1, 0.15) is 0 Å². The van der Waals surface area contributed by atoms with Gasteiger partial charge < -0.3 is 0 Å². The molecule has 0 atom stereocenters. The first-order valence-corrected chi connectivity index (χ1v) is 9.07. The standard InChI is InChI=1S/C22H23N5/c1-16-19(13-25-27(16)3)15-26(2)14-17-11-23-22(24-12-17)21-10-6-8-18-7-4-5-9-20(18)21/h4-13H,14-15H2,1-3H3. The van der Waals surface area contributed by atoms with E-state index in [2.05, 4.69) is 76.4 Å². The van der Waals surface area contributed by atoms with E-state index in [0.717, 1.165) is 30.0 Å². The van der Waals surface area contributed by atoms with Gasteiger partial charge in [-0.1, -0.05) is 42.5 Å². The molecule has 0 saturated carbocycles. The molecule has 0 amide bonds. The molecule has 0 aliphatic carbocycles. The fraction of sp³-hybridized carbons (Fsp3) is 0.227. The Kier molecular flexibility index (Phi) is 4.69. The molecular formula is C22H23N5. The highest BCUT2D eigenvalue weighted by atomic mass is 15.3. The zero-order valence-corrected chi connectivity index (χ0v) is 15.9. The van der Waals surface area contributed by atoms with Gasteiger partial charge in [-0.3, -0.25) is 9.58 Å². The molecule has 0 spiro atoms. The van der Waals surface area contributed by atoms with Crippen molar-refractivity contribution >= 4 is 10.8 Å². The third-order valence-corrected chi connectivity index (χ3v) is 4.97. The summed E-state index contributed by atoms with van der Waals surface area (Å²) in [6.07, 6.45) is 5.79. The van der Waals surface area contributed by atoms with E-state index < -0.39 is 0 Å². The van der Waals surface area contributed by atoms with E-state index in [-0.39, 0.29) is 0 Å². The van der Waals surface area contributed by atoms with Crippen LogP contribution in [0.5, 0.6) is 0 Å². The maximum atomic E-state index is 4.63. The van der Waals surface area contributed by atoms with Crippen molar-refractivity contribution in [3.8, 4) is 11.4 Å². The minimum atomic E-state index is 0.765. The van der Waals surface area contributed by atoms with Crippen LogP contribution in [0.4, 0.5) is 0 Å². The third kappa shape index (κ3) is 3.59. The highest BCUT2D eigenvalue weighted by Gasteiger charge is 2.10. The minimum absolute atomic E-state index is 0.765. The molecule has 2 aromatic heterocycles. The quantitative estimate of drug-likeness (QED) is 0.542. The molecule has 0 aliphatic rings. The van der Waals surface area contributed by atoms with E-state index in [1.807, 2.05) is 30.3 Å².